The third kappa shape index (κ3) is 5.48. The SMILES string of the molecule is COc1cccc(-c2nnc(NS(=O)(=O)[C@H](C)[C@H](C)c3ccc(F)cc3F)n2-c2c(OC)cccc2OC)n1. The number of hydrogen-bond acceptors (Lipinski definition) is 8. The second-order valence-corrected chi connectivity index (χ2v) is 10.6. The van der Waals surface area contributed by atoms with Gasteiger partial charge in [-0.3, -0.25) is 9.29 Å². The zero-order valence-corrected chi connectivity index (χ0v) is 22.7. The van der Waals surface area contributed by atoms with E-state index in [1.807, 2.05) is 0 Å². The highest BCUT2D eigenvalue weighted by Crippen LogP contribution is 2.38. The molecule has 0 saturated heterocycles. The van der Waals surface area contributed by atoms with Crippen LogP contribution in [0, 0.1) is 11.6 Å². The molecule has 0 aliphatic carbocycles. The van der Waals surface area contributed by atoms with Crippen molar-refractivity contribution in [2.24, 2.45) is 0 Å². The normalized spacial score (nSPS) is 13.0. The maximum absolute atomic E-state index is 14.5. The van der Waals surface area contributed by atoms with E-state index in [1.165, 1.54) is 38.9 Å². The minimum Gasteiger partial charge on any atom is -0.494 e. The summed E-state index contributed by atoms with van der Waals surface area (Å²) in [4.78, 5) is 4.41. The molecule has 4 rings (SSSR count). The Morgan fingerprint density at radius 2 is 1.56 bits per heavy atom. The Hall–Kier alpha value is -4.26. The summed E-state index contributed by atoms with van der Waals surface area (Å²) in [6.45, 7) is 2.96. The van der Waals surface area contributed by atoms with Gasteiger partial charge in [-0.15, -0.1) is 10.2 Å². The fourth-order valence-corrected chi connectivity index (χ4v) is 5.30. The molecule has 0 saturated carbocycles. The fraction of sp³-hybridized carbons (Fsp3) is 0.269. The van der Waals surface area contributed by atoms with Gasteiger partial charge in [-0.25, -0.2) is 22.2 Å². The van der Waals surface area contributed by atoms with Crippen LogP contribution in [-0.2, 0) is 10.0 Å². The van der Waals surface area contributed by atoms with Gasteiger partial charge in [0, 0.05) is 18.1 Å². The highest BCUT2D eigenvalue weighted by Gasteiger charge is 2.32. The monoisotopic (exact) mass is 559 g/mol. The first-order valence-electron chi connectivity index (χ1n) is 11.8. The third-order valence-electron chi connectivity index (χ3n) is 6.33. The number of halogens is 2. The van der Waals surface area contributed by atoms with E-state index in [0.717, 1.165) is 12.1 Å². The summed E-state index contributed by atoms with van der Waals surface area (Å²) in [6.07, 6.45) is 0. The molecule has 2 heterocycles. The lowest BCUT2D eigenvalue weighted by molar-refractivity contribution is 0.391. The van der Waals surface area contributed by atoms with Gasteiger partial charge in [0.25, 0.3) is 0 Å². The summed E-state index contributed by atoms with van der Waals surface area (Å²) in [6, 6.07) is 13.1. The molecule has 0 radical (unpaired) electrons. The number of sulfonamides is 1. The highest BCUT2D eigenvalue weighted by atomic mass is 32.2. The number of nitrogens with one attached hydrogen (secondary N) is 1. The zero-order chi connectivity index (χ0) is 28.3. The van der Waals surface area contributed by atoms with E-state index >= 15 is 0 Å². The number of rotatable bonds is 10. The van der Waals surface area contributed by atoms with E-state index in [9.17, 15) is 17.2 Å². The predicted molar refractivity (Wildman–Crippen MR) is 141 cm³/mol. The molecule has 0 spiro atoms. The van der Waals surface area contributed by atoms with Crippen LogP contribution in [0.3, 0.4) is 0 Å². The van der Waals surface area contributed by atoms with Crippen molar-refractivity contribution in [3.05, 3.63) is 71.8 Å². The molecule has 0 aliphatic heterocycles. The van der Waals surface area contributed by atoms with Gasteiger partial charge in [0.15, 0.2) is 5.82 Å². The first kappa shape index (κ1) is 27.8. The Bertz CT molecular complexity index is 1570. The fourth-order valence-electron chi connectivity index (χ4n) is 4.05. The Morgan fingerprint density at radius 3 is 2.18 bits per heavy atom. The number of ether oxygens (including phenoxy) is 3. The van der Waals surface area contributed by atoms with Gasteiger partial charge in [-0.2, -0.15) is 0 Å². The smallest absolute Gasteiger partial charge is 0.243 e. The summed E-state index contributed by atoms with van der Waals surface area (Å²) in [7, 11) is 0.176. The number of benzene rings is 2. The molecule has 2 aromatic carbocycles. The molecule has 10 nitrogen and oxygen atoms in total. The van der Waals surface area contributed by atoms with Gasteiger partial charge >= 0.3 is 0 Å². The van der Waals surface area contributed by atoms with Crippen LogP contribution in [0.25, 0.3) is 17.2 Å². The minimum absolute atomic E-state index is 0.0587. The van der Waals surface area contributed by atoms with Crippen LogP contribution < -0.4 is 18.9 Å². The Labute approximate surface area is 224 Å². The number of methoxy groups -OCH3 is 3. The molecular weight excluding hydrogens is 532 g/mol. The Balaban J connectivity index is 1.85. The van der Waals surface area contributed by atoms with Crippen molar-refractivity contribution in [1.82, 2.24) is 19.7 Å². The molecule has 0 fully saturated rings. The van der Waals surface area contributed by atoms with E-state index in [1.54, 1.807) is 43.3 Å². The molecule has 2 aromatic heterocycles. The van der Waals surface area contributed by atoms with Crippen molar-refractivity contribution in [3.8, 4) is 34.6 Å². The first-order chi connectivity index (χ1) is 18.6. The number of para-hydroxylation sites is 1. The maximum Gasteiger partial charge on any atom is 0.243 e. The average molecular weight is 560 g/mol. The average Bonchev–Trinajstić information content (AvgIpc) is 3.33. The lowest BCUT2D eigenvalue weighted by Gasteiger charge is -2.22. The van der Waals surface area contributed by atoms with E-state index in [0.29, 0.717) is 28.8 Å². The van der Waals surface area contributed by atoms with Crippen molar-refractivity contribution in [1.29, 1.82) is 0 Å². The molecular formula is C26H27F2N5O5S. The number of pyridine rings is 1. The summed E-state index contributed by atoms with van der Waals surface area (Å²) < 4.78 is 75.2. The molecule has 0 unspecified atom stereocenters. The van der Waals surface area contributed by atoms with Gasteiger partial charge in [-0.05, 0) is 36.8 Å². The molecule has 0 amide bonds. The largest absolute Gasteiger partial charge is 0.494 e. The van der Waals surface area contributed by atoms with Gasteiger partial charge in [0.1, 0.15) is 34.5 Å². The van der Waals surface area contributed by atoms with Gasteiger partial charge < -0.3 is 14.2 Å². The zero-order valence-electron chi connectivity index (χ0n) is 21.8. The molecule has 0 aliphatic rings. The van der Waals surface area contributed by atoms with Gasteiger partial charge in [-0.1, -0.05) is 25.1 Å². The van der Waals surface area contributed by atoms with E-state index in [4.69, 9.17) is 14.2 Å². The lowest BCUT2D eigenvalue weighted by atomic mass is 9.98. The molecule has 4 aromatic rings. The maximum atomic E-state index is 14.5. The molecule has 1 N–H and O–H groups in total. The standard InChI is InChI=1S/C26H27F2N5O5S/c1-15(18-13-12-17(27)14-19(18)28)16(2)39(34,35)32-26-31-30-25(20-8-6-11-23(29-20)38-5)33(26)24-21(36-3)9-7-10-22(24)37-4/h6-16H,1-5H3,(H,31,32)/t15-,16+/m0/s1. The summed E-state index contributed by atoms with van der Waals surface area (Å²) in [5.41, 5.74) is 0.702. The van der Waals surface area contributed by atoms with Crippen molar-refractivity contribution in [3.63, 3.8) is 0 Å². The van der Waals surface area contributed by atoms with Crippen LogP contribution in [0.4, 0.5) is 14.7 Å². The summed E-state index contributed by atoms with van der Waals surface area (Å²) in [5.74, 6) is -1.45. The van der Waals surface area contributed by atoms with E-state index < -0.39 is 32.8 Å². The van der Waals surface area contributed by atoms with E-state index in [-0.39, 0.29) is 17.3 Å². The second-order valence-electron chi connectivity index (χ2n) is 8.57. The molecule has 39 heavy (non-hydrogen) atoms. The molecule has 2 atom stereocenters. The highest BCUT2D eigenvalue weighted by molar-refractivity contribution is 7.93. The van der Waals surface area contributed by atoms with Crippen LogP contribution in [-0.4, -0.2) is 54.7 Å². The number of aromatic nitrogens is 4. The minimum atomic E-state index is -4.20. The summed E-state index contributed by atoms with van der Waals surface area (Å²) in [5, 5.41) is 7.17. The van der Waals surface area contributed by atoms with Crippen molar-refractivity contribution < 1.29 is 31.4 Å². The summed E-state index contributed by atoms with van der Waals surface area (Å²) >= 11 is 0. The van der Waals surface area contributed by atoms with Crippen LogP contribution in [0.15, 0.2) is 54.6 Å². The van der Waals surface area contributed by atoms with Crippen LogP contribution in [0.1, 0.15) is 25.3 Å². The predicted octanol–water partition coefficient (Wildman–Crippen LogP) is 4.57. The Morgan fingerprint density at radius 1 is 0.897 bits per heavy atom. The van der Waals surface area contributed by atoms with E-state index in [2.05, 4.69) is 19.9 Å². The first-order valence-corrected chi connectivity index (χ1v) is 13.3. The topological polar surface area (TPSA) is 117 Å². The Kier molecular flexibility index (Phi) is 8.00. The number of anilines is 1. The quantitative estimate of drug-likeness (QED) is 0.300. The molecule has 13 heteroatoms. The van der Waals surface area contributed by atoms with Crippen LogP contribution in [0.5, 0.6) is 17.4 Å². The van der Waals surface area contributed by atoms with Gasteiger partial charge in [0.2, 0.25) is 21.9 Å². The second kappa shape index (κ2) is 11.2. The van der Waals surface area contributed by atoms with Crippen LogP contribution in [0.2, 0.25) is 0 Å². The number of hydrogen-bond donors (Lipinski definition) is 1. The van der Waals surface area contributed by atoms with Gasteiger partial charge in [0.05, 0.1) is 26.6 Å². The number of nitrogens with zero attached hydrogens (tertiary/aromatic N) is 4. The van der Waals surface area contributed by atoms with Crippen molar-refractivity contribution in [2.75, 3.05) is 26.1 Å². The van der Waals surface area contributed by atoms with Crippen molar-refractivity contribution in [2.45, 2.75) is 25.0 Å². The van der Waals surface area contributed by atoms with Crippen LogP contribution >= 0.6 is 0 Å². The van der Waals surface area contributed by atoms with Crippen molar-refractivity contribution >= 4 is 16.0 Å². The molecule has 206 valence electrons. The third-order valence-corrected chi connectivity index (χ3v) is 8.18. The lowest BCUT2D eigenvalue weighted by Crippen LogP contribution is -2.31. The molecule has 0 bridgehead atoms.